The minimum Gasteiger partial charge on any atom is -0.475 e. The van der Waals surface area contributed by atoms with Crippen molar-refractivity contribution in [3.05, 3.63) is 28.8 Å². The highest BCUT2D eigenvalue weighted by Gasteiger charge is 2.12. The molecule has 0 aliphatic carbocycles. The van der Waals surface area contributed by atoms with E-state index < -0.39 is 6.10 Å². The zero-order chi connectivity index (χ0) is 12.7. The van der Waals surface area contributed by atoms with Crippen LogP contribution in [0.25, 0.3) is 0 Å². The Labute approximate surface area is 107 Å². The highest BCUT2D eigenvalue weighted by Crippen LogP contribution is 2.27. The van der Waals surface area contributed by atoms with Gasteiger partial charge in [0.2, 0.25) is 0 Å². The van der Waals surface area contributed by atoms with Gasteiger partial charge >= 0.3 is 0 Å². The largest absolute Gasteiger partial charge is 0.475 e. The highest BCUT2D eigenvalue weighted by atomic mass is 35.5. The van der Waals surface area contributed by atoms with Crippen LogP contribution in [0.15, 0.2) is 18.2 Å². The van der Waals surface area contributed by atoms with Gasteiger partial charge in [0.15, 0.2) is 6.10 Å². The maximum Gasteiger partial charge on any atom is 0.184 e. The number of nitrogens with zero attached hydrogens (tertiary/aromatic N) is 1. The molecule has 1 unspecified atom stereocenters. The first kappa shape index (κ1) is 13.8. The average molecular weight is 253 g/mol. The summed E-state index contributed by atoms with van der Waals surface area (Å²) < 4.78 is 5.64. The summed E-state index contributed by atoms with van der Waals surface area (Å²) in [7, 11) is 0. The number of hydrogen-bond donors (Lipinski definition) is 1. The summed E-state index contributed by atoms with van der Waals surface area (Å²) in [6.07, 6.45) is 0.234. The van der Waals surface area contributed by atoms with Crippen LogP contribution in [0, 0.1) is 11.3 Å². The normalized spacial score (nSPS) is 11.9. The molecule has 92 valence electrons. The van der Waals surface area contributed by atoms with Gasteiger partial charge in [0.1, 0.15) is 11.8 Å². The lowest BCUT2D eigenvalue weighted by molar-refractivity contribution is 0.249. The summed E-state index contributed by atoms with van der Waals surface area (Å²) in [5.74, 6) is 0.687. The van der Waals surface area contributed by atoms with E-state index in [2.05, 4.69) is 11.4 Å². The van der Waals surface area contributed by atoms with E-state index in [0.717, 1.165) is 12.1 Å². The number of halogens is 1. The van der Waals surface area contributed by atoms with Crippen molar-refractivity contribution in [1.29, 1.82) is 5.26 Å². The van der Waals surface area contributed by atoms with Crippen LogP contribution in [0.1, 0.15) is 25.8 Å². The van der Waals surface area contributed by atoms with Crippen LogP contribution in [0.4, 0.5) is 0 Å². The molecule has 0 spiro atoms. The zero-order valence-electron chi connectivity index (χ0n) is 10.2. The van der Waals surface area contributed by atoms with Crippen LogP contribution in [0.3, 0.4) is 0 Å². The van der Waals surface area contributed by atoms with Crippen molar-refractivity contribution in [2.24, 2.45) is 0 Å². The summed E-state index contributed by atoms with van der Waals surface area (Å²) in [5.41, 5.74) is 0.907. The average Bonchev–Trinajstić information content (AvgIpc) is 2.35. The zero-order valence-corrected chi connectivity index (χ0v) is 10.9. The number of nitriles is 1. The van der Waals surface area contributed by atoms with Gasteiger partial charge in [-0.25, -0.2) is 0 Å². The maximum atomic E-state index is 8.90. The van der Waals surface area contributed by atoms with E-state index in [1.165, 1.54) is 0 Å². The van der Waals surface area contributed by atoms with Crippen molar-refractivity contribution in [2.75, 3.05) is 6.54 Å². The molecule has 0 saturated carbocycles. The van der Waals surface area contributed by atoms with Crippen molar-refractivity contribution in [3.63, 3.8) is 0 Å². The highest BCUT2D eigenvalue weighted by molar-refractivity contribution is 6.31. The molecule has 3 nitrogen and oxygen atoms in total. The third-order valence-electron chi connectivity index (χ3n) is 2.41. The Morgan fingerprint density at radius 2 is 2.24 bits per heavy atom. The third-order valence-corrected chi connectivity index (χ3v) is 2.77. The summed E-state index contributed by atoms with van der Waals surface area (Å²) in [4.78, 5) is 0. The first-order chi connectivity index (χ1) is 8.22. The van der Waals surface area contributed by atoms with Gasteiger partial charge in [-0.2, -0.15) is 5.26 Å². The van der Waals surface area contributed by atoms with Gasteiger partial charge in [0, 0.05) is 17.1 Å². The minimum absolute atomic E-state index is 0.422. The van der Waals surface area contributed by atoms with Gasteiger partial charge in [-0.3, -0.25) is 0 Å². The number of ether oxygens (including phenoxy) is 1. The summed E-state index contributed by atoms with van der Waals surface area (Å²) in [6, 6.07) is 7.62. The van der Waals surface area contributed by atoms with Crippen molar-refractivity contribution in [1.82, 2.24) is 5.32 Å². The second-order valence-electron chi connectivity index (χ2n) is 3.64. The van der Waals surface area contributed by atoms with Crippen LogP contribution < -0.4 is 10.1 Å². The van der Waals surface area contributed by atoms with E-state index in [-0.39, 0.29) is 0 Å². The van der Waals surface area contributed by atoms with Gasteiger partial charge in [-0.05, 0) is 25.1 Å². The molecule has 0 amide bonds. The first-order valence-corrected chi connectivity index (χ1v) is 6.15. The quantitative estimate of drug-likeness (QED) is 0.846. The summed E-state index contributed by atoms with van der Waals surface area (Å²) in [5, 5.41) is 12.8. The molecule has 0 heterocycles. The number of rotatable bonds is 6. The molecule has 0 saturated heterocycles. The molecule has 1 aromatic carbocycles. The molecule has 1 atom stereocenters. The fourth-order valence-electron chi connectivity index (χ4n) is 1.43. The minimum atomic E-state index is -0.422. The van der Waals surface area contributed by atoms with E-state index >= 15 is 0 Å². The molecular weight excluding hydrogens is 236 g/mol. The molecule has 0 aliphatic heterocycles. The smallest absolute Gasteiger partial charge is 0.184 e. The maximum absolute atomic E-state index is 8.90. The predicted molar refractivity (Wildman–Crippen MR) is 69.2 cm³/mol. The molecule has 4 heteroatoms. The van der Waals surface area contributed by atoms with Gasteiger partial charge in [-0.1, -0.05) is 31.5 Å². The van der Waals surface area contributed by atoms with Gasteiger partial charge in [0.05, 0.1) is 0 Å². The Morgan fingerprint density at radius 3 is 2.82 bits per heavy atom. The lowest BCUT2D eigenvalue weighted by Crippen LogP contribution is -2.17. The first-order valence-electron chi connectivity index (χ1n) is 5.77. The second-order valence-corrected chi connectivity index (χ2v) is 4.05. The molecule has 1 aromatic rings. The van der Waals surface area contributed by atoms with Crippen molar-refractivity contribution in [2.45, 2.75) is 32.9 Å². The van der Waals surface area contributed by atoms with Crippen LogP contribution in [-0.2, 0) is 6.54 Å². The van der Waals surface area contributed by atoms with Crippen molar-refractivity contribution >= 4 is 11.6 Å². The molecule has 0 fully saturated rings. The van der Waals surface area contributed by atoms with E-state index in [4.69, 9.17) is 21.6 Å². The van der Waals surface area contributed by atoms with Gasteiger partial charge in [0.25, 0.3) is 0 Å². The second kappa shape index (κ2) is 7.16. The number of hydrogen-bond acceptors (Lipinski definition) is 3. The molecular formula is C13H17ClN2O. The molecule has 0 radical (unpaired) electrons. The lowest BCUT2D eigenvalue weighted by atomic mass is 10.2. The Hall–Kier alpha value is -1.24. The summed E-state index contributed by atoms with van der Waals surface area (Å²) >= 11 is 6.13. The van der Waals surface area contributed by atoms with Crippen molar-refractivity contribution < 1.29 is 4.74 Å². The Bertz CT molecular complexity index is 401. The molecule has 17 heavy (non-hydrogen) atoms. The Kier molecular flexibility index (Phi) is 5.82. The standard InChI is InChI=1S/C13H17ClN2O/c1-3-10(8-15)17-13-7-5-6-12(14)11(13)9-16-4-2/h5-7,10,16H,3-4,9H2,1-2H3. The SMILES string of the molecule is CCNCc1c(Cl)cccc1OC(C#N)CC. The molecule has 1 rings (SSSR count). The molecule has 1 N–H and O–H groups in total. The fourth-order valence-corrected chi connectivity index (χ4v) is 1.66. The monoisotopic (exact) mass is 252 g/mol. The Balaban J connectivity index is 2.90. The van der Waals surface area contributed by atoms with Gasteiger partial charge < -0.3 is 10.1 Å². The topological polar surface area (TPSA) is 45.0 Å². The van der Waals surface area contributed by atoms with Crippen LogP contribution >= 0.6 is 11.6 Å². The van der Waals surface area contributed by atoms with Crippen LogP contribution in [0.2, 0.25) is 5.02 Å². The van der Waals surface area contributed by atoms with Crippen LogP contribution in [-0.4, -0.2) is 12.6 Å². The summed E-state index contributed by atoms with van der Waals surface area (Å²) in [6.45, 7) is 5.46. The molecule has 0 bridgehead atoms. The van der Waals surface area contributed by atoms with Crippen molar-refractivity contribution in [3.8, 4) is 11.8 Å². The molecule has 0 aromatic heterocycles. The van der Waals surface area contributed by atoms with E-state index in [9.17, 15) is 0 Å². The van der Waals surface area contributed by atoms with E-state index in [1.807, 2.05) is 32.0 Å². The van der Waals surface area contributed by atoms with E-state index in [1.54, 1.807) is 0 Å². The van der Waals surface area contributed by atoms with E-state index in [0.29, 0.717) is 23.7 Å². The fraction of sp³-hybridized carbons (Fsp3) is 0.462. The third kappa shape index (κ3) is 3.92. The van der Waals surface area contributed by atoms with Crippen LogP contribution in [0.5, 0.6) is 5.75 Å². The predicted octanol–water partition coefficient (Wildman–Crippen LogP) is 3.13. The molecule has 0 aliphatic rings. The number of benzene rings is 1. The van der Waals surface area contributed by atoms with Gasteiger partial charge in [-0.15, -0.1) is 0 Å². The lowest BCUT2D eigenvalue weighted by Gasteiger charge is -2.15. The Morgan fingerprint density at radius 1 is 1.47 bits per heavy atom. The number of nitrogens with one attached hydrogen (secondary N) is 1.